The minimum atomic E-state index is -0.386. The van der Waals surface area contributed by atoms with Crippen LogP contribution in [0.3, 0.4) is 0 Å². The molecule has 19 heavy (non-hydrogen) atoms. The number of nitrogens with two attached hydrogens (primary N) is 1. The van der Waals surface area contributed by atoms with Crippen LogP contribution in [0.1, 0.15) is 40.5 Å². The Kier molecular flexibility index (Phi) is 5.35. The average Bonchev–Trinajstić information content (AvgIpc) is 2.36. The molecule has 0 saturated carbocycles. The molecule has 1 unspecified atom stereocenters. The first kappa shape index (κ1) is 16.0. The highest BCUT2D eigenvalue weighted by atomic mass is 16.2. The van der Waals surface area contributed by atoms with Gasteiger partial charge in [-0.15, -0.1) is 0 Å². The van der Waals surface area contributed by atoms with Crippen molar-refractivity contribution in [2.75, 3.05) is 19.6 Å². The lowest BCUT2D eigenvalue weighted by molar-refractivity contribution is -0.142. The van der Waals surface area contributed by atoms with Crippen LogP contribution in [0.4, 0.5) is 0 Å². The molecule has 1 heterocycles. The smallest absolute Gasteiger partial charge is 0.227 e. The topological polar surface area (TPSA) is 75.4 Å². The fraction of sp³-hybridized carbons (Fsp3) is 0.857. The van der Waals surface area contributed by atoms with Gasteiger partial charge in [-0.25, -0.2) is 0 Å². The van der Waals surface area contributed by atoms with Crippen LogP contribution < -0.4 is 11.1 Å². The van der Waals surface area contributed by atoms with Crippen LogP contribution in [0, 0.1) is 11.3 Å². The van der Waals surface area contributed by atoms with E-state index >= 15 is 0 Å². The first-order chi connectivity index (χ1) is 8.75. The maximum atomic E-state index is 12.2. The van der Waals surface area contributed by atoms with Crippen LogP contribution in [0.25, 0.3) is 0 Å². The van der Waals surface area contributed by atoms with Gasteiger partial charge in [0.15, 0.2) is 0 Å². The third-order valence-electron chi connectivity index (χ3n) is 3.46. The van der Waals surface area contributed by atoms with Gasteiger partial charge in [0.25, 0.3) is 0 Å². The average molecular weight is 269 g/mol. The van der Waals surface area contributed by atoms with Crippen molar-refractivity contribution in [3.63, 3.8) is 0 Å². The van der Waals surface area contributed by atoms with Crippen molar-refractivity contribution in [2.45, 2.75) is 46.6 Å². The van der Waals surface area contributed by atoms with E-state index < -0.39 is 0 Å². The molecule has 0 spiro atoms. The number of carbonyl (C=O) groups excluding carboxylic acids is 2. The quantitative estimate of drug-likeness (QED) is 0.793. The summed E-state index contributed by atoms with van der Waals surface area (Å²) in [6, 6.07) is -0.0128. The Morgan fingerprint density at radius 1 is 1.42 bits per heavy atom. The number of carbonyl (C=O) groups is 2. The summed E-state index contributed by atoms with van der Waals surface area (Å²) in [5, 5.41) is 2.90. The summed E-state index contributed by atoms with van der Waals surface area (Å²) in [6.45, 7) is 9.34. The second-order valence-corrected chi connectivity index (χ2v) is 6.49. The highest BCUT2D eigenvalue weighted by Gasteiger charge is 2.33. The van der Waals surface area contributed by atoms with Crippen molar-refractivity contribution in [2.24, 2.45) is 17.1 Å². The van der Waals surface area contributed by atoms with E-state index in [1.807, 2.05) is 32.6 Å². The number of piperidine rings is 1. The maximum absolute atomic E-state index is 12.2. The summed E-state index contributed by atoms with van der Waals surface area (Å²) in [7, 11) is 0. The Hall–Kier alpha value is -1.10. The molecule has 110 valence electrons. The van der Waals surface area contributed by atoms with Crippen LogP contribution in [0.15, 0.2) is 0 Å². The van der Waals surface area contributed by atoms with Crippen LogP contribution in [0.2, 0.25) is 0 Å². The molecule has 2 atom stereocenters. The standard InChI is InChI=1S/C14H27N3O2/c1-10(8-15)16-12(18)11-6-5-7-17(9-11)13(19)14(2,3)4/h10-11H,5-9,15H2,1-4H3,(H,16,18)/t10-,11?/m0/s1. The number of likely N-dealkylation sites (tertiary alicyclic amines) is 1. The summed E-state index contributed by atoms with van der Waals surface area (Å²) in [5.74, 6) is 0.0373. The Balaban J connectivity index is 2.60. The predicted octanol–water partition coefficient (Wildman–Crippen LogP) is 0.735. The lowest BCUT2D eigenvalue weighted by Crippen LogP contribution is -2.50. The summed E-state index contributed by atoms with van der Waals surface area (Å²) < 4.78 is 0. The summed E-state index contributed by atoms with van der Waals surface area (Å²) >= 11 is 0. The Morgan fingerprint density at radius 3 is 2.58 bits per heavy atom. The number of amides is 2. The number of hydrogen-bond acceptors (Lipinski definition) is 3. The second-order valence-electron chi connectivity index (χ2n) is 6.49. The van der Waals surface area contributed by atoms with Crippen LogP contribution in [-0.4, -0.2) is 42.4 Å². The van der Waals surface area contributed by atoms with Crippen LogP contribution in [0.5, 0.6) is 0 Å². The normalized spacial score (nSPS) is 21.9. The molecule has 5 heteroatoms. The highest BCUT2D eigenvalue weighted by molar-refractivity contribution is 5.84. The monoisotopic (exact) mass is 269 g/mol. The third-order valence-corrected chi connectivity index (χ3v) is 3.46. The van der Waals surface area contributed by atoms with E-state index in [0.29, 0.717) is 13.1 Å². The fourth-order valence-electron chi connectivity index (χ4n) is 2.27. The molecule has 0 aromatic carbocycles. The molecule has 1 aliphatic heterocycles. The Labute approximate surface area is 115 Å². The summed E-state index contributed by atoms with van der Waals surface area (Å²) in [4.78, 5) is 26.1. The molecule has 1 fully saturated rings. The van der Waals surface area contributed by atoms with Gasteiger partial charge >= 0.3 is 0 Å². The van der Waals surface area contributed by atoms with Crippen molar-refractivity contribution in [3.8, 4) is 0 Å². The van der Waals surface area contributed by atoms with E-state index in [1.165, 1.54) is 0 Å². The van der Waals surface area contributed by atoms with E-state index in [9.17, 15) is 9.59 Å². The molecule has 0 radical (unpaired) electrons. The lowest BCUT2D eigenvalue weighted by Gasteiger charge is -2.36. The number of rotatable bonds is 3. The molecular formula is C14H27N3O2. The fourth-order valence-corrected chi connectivity index (χ4v) is 2.27. The van der Waals surface area contributed by atoms with Crippen molar-refractivity contribution in [1.29, 1.82) is 0 Å². The molecule has 1 saturated heterocycles. The number of hydrogen-bond donors (Lipinski definition) is 2. The van der Waals surface area contributed by atoms with Crippen molar-refractivity contribution < 1.29 is 9.59 Å². The van der Waals surface area contributed by atoms with Crippen LogP contribution >= 0.6 is 0 Å². The molecule has 1 aliphatic rings. The minimum Gasteiger partial charge on any atom is -0.352 e. The molecule has 5 nitrogen and oxygen atoms in total. The zero-order valence-corrected chi connectivity index (χ0v) is 12.5. The third kappa shape index (κ3) is 4.49. The van der Waals surface area contributed by atoms with Gasteiger partial charge in [0.2, 0.25) is 11.8 Å². The number of nitrogens with one attached hydrogen (secondary N) is 1. The van der Waals surface area contributed by atoms with Crippen LogP contribution in [-0.2, 0) is 9.59 Å². The molecule has 0 aromatic rings. The molecule has 0 aromatic heterocycles. The Morgan fingerprint density at radius 2 is 2.05 bits per heavy atom. The van der Waals surface area contributed by atoms with Gasteiger partial charge in [-0.1, -0.05) is 20.8 Å². The summed E-state index contributed by atoms with van der Waals surface area (Å²) in [6.07, 6.45) is 1.73. The molecule has 2 amide bonds. The van der Waals surface area contributed by atoms with Gasteiger partial charge in [0, 0.05) is 31.1 Å². The van der Waals surface area contributed by atoms with Gasteiger partial charge in [-0.3, -0.25) is 9.59 Å². The van der Waals surface area contributed by atoms with Gasteiger partial charge in [-0.05, 0) is 19.8 Å². The van der Waals surface area contributed by atoms with Gasteiger partial charge < -0.3 is 16.0 Å². The Bertz CT molecular complexity index is 336. The van der Waals surface area contributed by atoms with Gasteiger partial charge in [0.1, 0.15) is 0 Å². The SMILES string of the molecule is C[C@@H](CN)NC(=O)C1CCCN(C(=O)C(C)(C)C)C1. The second kappa shape index (κ2) is 6.37. The van der Waals surface area contributed by atoms with E-state index in [-0.39, 0.29) is 29.2 Å². The van der Waals surface area contributed by atoms with Crippen molar-refractivity contribution in [1.82, 2.24) is 10.2 Å². The van der Waals surface area contributed by atoms with Crippen molar-refractivity contribution >= 4 is 11.8 Å². The van der Waals surface area contributed by atoms with Gasteiger partial charge in [-0.2, -0.15) is 0 Å². The van der Waals surface area contributed by atoms with E-state index in [2.05, 4.69) is 5.32 Å². The van der Waals surface area contributed by atoms with Gasteiger partial charge in [0.05, 0.1) is 5.92 Å². The molecule has 0 aliphatic carbocycles. The molecule has 1 rings (SSSR count). The van der Waals surface area contributed by atoms with E-state index in [0.717, 1.165) is 19.4 Å². The lowest BCUT2D eigenvalue weighted by atomic mass is 9.91. The molecule has 3 N–H and O–H groups in total. The van der Waals surface area contributed by atoms with E-state index in [4.69, 9.17) is 5.73 Å². The van der Waals surface area contributed by atoms with E-state index in [1.54, 1.807) is 0 Å². The number of nitrogens with zero attached hydrogens (tertiary/aromatic N) is 1. The highest BCUT2D eigenvalue weighted by Crippen LogP contribution is 2.23. The maximum Gasteiger partial charge on any atom is 0.227 e. The minimum absolute atomic E-state index is 0.0128. The zero-order valence-electron chi connectivity index (χ0n) is 12.5. The first-order valence-corrected chi connectivity index (χ1v) is 7.05. The zero-order chi connectivity index (χ0) is 14.6. The first-order valence-electron chi connectivity index (χ1n) is 7.05. The van der Waals surface area contributed by atoms with Crippen molar-refractivity contribution in [3.05, 3.63) is 0 Å². The largest absolute Gasteiger partial charge is 0.352 e. The predicted molar refractivity (Wildman–Crippen MR) is 75.4 cm³/mol. The molecular weight excluding hydrogens is 242 g/mol. The molecule has 0 bridgehead atoms. The summed E-state index contributed by atoms with van der Waals surface area (Å²) in [5.41, 5.74) is 5.12.